The number of amides is 3. The fourth-order valence-corrected chi connectivity index (χ4v) is 5.22. The number of likely N-dealkylation sites (N-methyl/N-ethyl adjacent to an activating group) is 1. The van der Waals surface area contributed by atoms with Gasteiger partial charge in [0.05, 0.1) is 23.8 Å². The summed E-state index contributed by atoms with van der Waals surface area (Å²) in [7, 11) is 3.99. The minimum atomic E-state index is -0.596. The number of H-pyrrole nitrogens is 1. The lowest BCUT2D eigenvalue weighted by Gasteiger charge is -2.34. The van der Waals surface area contributed by atoms with E-state index in [1.807, 2.05) is 76.5 Å². The van der Waals surface area contributed by atoms with Crippen molar-refractivity contribution in [3.63, 3.8) is 0 Å². The Morgan fingerprint density at radius 3 is 2.44 bits per heavy atom. The Morgan fingerprint density at radius 1 is 1.11 bits per heavy atom. The van der Waals surface area contributed by atoms with Gasteiger partial charge in [0.15, 0.2) is 5.82 Å². The Balaban J connectivity index is 1.28. The molecule has 8 nitrogen and oxygen atoms in total. The maximum atomic E-state index is 13.5. The number of anilines is 1. The predicted molar refractivity (Wildman–Crippen MR) is 139 cm³/mol. The fraction of sp³-hybridized carbons (Fsp3) is 0.393. The van der Waals surface area contributed by atoms with Gasteiger partial charge in [-0.15, -0.1) is 0 Å². The van der Waals surface area contributed by atoms with Crippen molar-refractivity contribution in [2.75, 3.05) is 26.0 Å². The second-order valence-corrected chi connectivity index (χ2v) is 10.6. The first-order valence-corrected chi connectivity index (χ1v) is 12.5. The molecule has 1 saturated carbocycles. The van der Waals surface area contributed by atoms with Gasteiger partial charge >= 0.3 is 6.03 Å². The summed E-state index contributed by atoms with van der Waals surface area (Å²) in [6.45, 7) is 5.05. The maximum Gasteiger partial charge on any atom is 0.319 e. The fourth-order valence-electron chi connectivity index (χ4n) is 5.22. The van der Waals surface area contributed by atoms with Crippen LogP contribution in [-0.4, -0.2) is 52.6 Å². The van der Waals surface area contributed by atoms with E-state index in [-0.39, 0.29) is 29.8 Å². The molecule has 0 radical (unpaired) electrons. The number of carbonyl (C=O) groups is 2. The minimum absolute atomic E-state index is 0.0195. The SMILES string of the molecule is CN(C)C[C@@H](NC(=O)N1Cc2c(NC(=O)C3CC3c3ccccc3)n[nH]c2C1(C)C)c1ccccc1. The van der Waals surface area contributed by atoms with Crippen LogP contribution in [0.15, 0.2) is 60.7 Å². The van der Waals surface area contributed by atoms with Gasteiger partial charge in [-0.05, 0) is 51.4 Å². The molecule has 0 saturated heterocycles. The van der Waals surface area contributed by atoms with E-state index in [0.717, 1.165) is 23.2 Å². The van der Waals surface area contributed by atoms with Crippen molar-refractivity contribution in [1.29, 1.82) is 0 Å². The third-order valence-corrected chi connectivity index (χ3v) is 7.36. The zero-order valence-corrected chi connectivity index (χ0v) is 21.3. The lowest BCUT2D eigenvalue weighted by molar-refractivity contribution is -0.117. The van der Waals surface area contributed by atoms with Gasteiger partial charge in [-0.3, -0.25) is 9.89 Å². The highest BCUT2D eigenvalue weighted by molar-refractivity contribution is 5.95. The normalized spacial score (nSPS) is 20.6. The Labute approximate surface area is 212 Å². The van der Waals surface area contributed by atoms with E-state index < -0.39 is 5.54 Å². The highest BCUT2D eigenvalue weighted by atomic mass is 16.2. The van der Waals surface area contributed by atoms with E-state index in [4.69, 9.17) is 0 Å². The molecule has 3 N–H and O–H groups in total. The van der Waals surface area contributed by atoms with Crippen LogP contribution in [0.4, 0.5) is 10.6 Å². The molecule has 2 aromatic carbocycles. The Morgan fingerprint density at radius 2 is 1.78 bits per heavy atom. The Bertz CT molecular complexity index is 1240. The number of aromatic nitrogens is 2. The van der Waals surface area contributed by atoms with Gasteiger partial charge in [0, 0.05) is 18.0 Å². The monoisotopic (exact) mass is 486 g/mol. The van der Waals surface area contributed by atoms with Crippen LogP contribution in [0.2, 0.25) is 0 Å². The van der Waals surface area contributed by atoms with Crippen molar-refractivity contribution in [3.8, 4) is 0 Å². The number of fused-ring (bicyclic) bond motifs is 1. The van der Waals surface area contributed by atoms with E-state index in [1.54, 1.807) is 4.90 Å². The molecule has 1 aliphatic heterocycles. The molecule has 5 rings (SSSR count). The van der Waals surface area contributed by atoms with Gasteiger partial charge in [-0.1, -0.05) is 60.7 Å². The second-order valence-electron chi connectivity index (χ2n) is 10.6. The highest BCUT2D eigenvalue weighted by Crippen LogP contribution is 2.48. The molecule has 3 aromatic rings. The van der Waals surface area contributed by atoms with Crippen LogP contribution < -0.4 is 10.6 Å². The predicted octanol–water partition coefficient (Wildman–Crippen LogP) is 4.22. The average molecular weight is 487 g/mol. The van der Waals surface area contributed by atoms with Crippen LogP contribution in [-0.2, 0) is 16.9 Å². The molecule has 1 aromatic heterocycles. The van der Waals surface area contributed by atoms with Crippen LogP contribution >= 0.6 is 0 Å². The average Bonchev–Trinajstić information content (AvgIpc) is 3.49. The van der Waals surface area contributed by atoms with Gasteiger partial charge in [0.25, 0.3) is 0 Å². The van der Waals surface area contributed by atoms with Gasteiger partial charge in [0.2, 0.25) is 5.91 Å². The molecule has 188 valence electrons. The third kappa shape index (κ3) is 4.60. The molecule has 8 heteroatoms. The van der Waals surface area contributed by atoms with Crippen LogP contribution in [0.3, 0.4) is 0 Å². The minimum Gasteiger partial charge on any atom is -0.330 e. The molecule has 3 atom stereocenters. The molecule has 0 spiro atoms. The molecule has 36 heavy (non-hydrogen) atoms. The summed E-state index contributed by atoms with van der Waals surface area (Å²) in [5.74, 6) is 0.703. The quantitative estimate of drug-likeness (QED) is 0.466. The number of carbonyl (C=O) groups excluding carboxylic acids is 2. The summed E-state index contributed by atoms with van der Waals surface area (Å²) < 4.78 is 0. The first-order valence-electron chi connectivity index (χ1n) is 12.5. The number of aromatic amines is 1. The Kier molecular flexibility index (Phi) is 6.30. The van der Waals surface area contributed by atoms with E-state index >= 15 is 0 Å². The molecular weight excluding hydrogens is 452 g/mol. The summed E-state index contributed by atoms with van der Waals surface area (Å²) in [5.41, 5.74) is 3.37. The molecule has 3 amide bonds. The highest BCUT2D eigenvalue weighted by Gasteiger charge is 2.47. The Hall–Kier alpha value is -3.65. The van der Waals surface area contributed by atoms with Gasteiger partial charge < -0.3 is 20.4 Å². The summed E-state index contributed by atoms with van der Waals surface area (Å²) >= 11 is 0. The maximum absolute atomic E-state index is 13.5. The number of rotatable bonds is 7. The summed E-state index contributed by atoms with van der Waals surface area (Å²) in [6.07, 6.45) is 0.842. The van der Waals surface area contributed by atoms with E-state index in [2.05, 4.69) is 37.9 Å². The first kappa shape index (κ1) is 24.1. The summed E-state index contributed by atoms with van der Waals surface area (Å²) in [4.78, 5) is 30.4. The number of nitrogens with one attached hydrogen (secondary N) is 3. The number of hydrogen-bond donors (Lipinski definition) is 3. The molecule has 2 unspecified atom stereocenters. The molecule has 2 heterocycles. The number of nitrogens with zero attached hydrogens (tertiary/aromatic N) is 3. The van der Waals surface area contributed by atoms with E-state index in [9.17, 15) is 9.59 Å². The van der Waals surface area contributed by atoms with E-state index in [0.29, 0.717) is 18.9 Å². The molecule has 0 bridgehead atoms. The zero-order valence-electron chi connectivity index (χ0n) is 21.3. The van der Waals surface area contributed by atoms with Crippen molar-refractivity contribution in [2.45, 2.75) is 44.3 Å². The van der Waals surface area contributed by atoms with Crippen molar-refractivity contribution >= 4 is 17.8 Å². The van der Waals surface area contributed by atoms with Crippen molar-refractivity contribution in [3.05, 3.63) is 83.0 Å². The number of urea groups is 1. The number of benzene rings is 2. The van der Waals surface area contributed by atoms with Gasteiger partial charge in [0.1, 0.15) is 0 Å². The molecule has 2 aliphatic rings. The van der Waals surface area contributed by atoms with Gasteiger partial charge in [-0.25, -0.2) is 4.79 Å². The second kappa shape index (κ2) is 9.43. The van der Waals surface area contributed by atoms with Crippen molar-refractivity contribution < 1.29 is 9.59 Å². The lowest BCUT2D eigenvalue weighted by atomic mass is 10.0. The lowest BCUT2D eigenvalue weighted by Crippen LogP contribution is -2.48. The van der Waals surface area contributed by atoms with Crippen LogP contribution in [0.5, 0.6) is 0 Å². The van der Waals surface area contributed by atoms with E-state index in [1.165, 1.54) is 5.56 Å². The van der Waals surface area contributed by atoms with Crippen molar-refractivity contribution in [2.24, 2.45) is 5.92 Å². The zero-order chi connectivity index (χ0) is 25.4. The third-order valence-electron chi connectivity index (χ3n) is 7.36. The standard InChI is InChI=1S/C28H34N6O2/c1-28(2)24-22(16-34(28)27(36)29-23(17-33(3)4)19-13-9-6-10-14-19)25(32-31-24)30-26(35)21-15-20(21)18-11-7-5-8-12-18/h5-14,20-21,23H,15-17H2,1-4H3,(H,29,36)(H2,30,31,32,35)/t20?,21?,23-/m1/s1. The summed E-state index contributed by atoms with van der Waals surface area (Å²) in [5, 5.41) is 13.7. The molecule has 1 aliphatic carbocycles. The largest absolute Gasteiger partial charge is 0.330 e. The van der Waals surface area contributed by atoms with Crippen molar-refractivity contribution in [1.82, 2.24) is 25.3 Å². The number of hydrogen-bond acceptors (Lipinski definition) is 4. The van der Waals surface area contributed by atoms with Gasteiger partial charge in [-0.2, -0.15) is 5.10 Å². The molecule has 1 fully saturated rings. The van der Waals surface area contributed by atoms with Crippen LogP contribution in [0.1, 0.15) is 54.6 Å². The topological polar surface area (TPSA) is 93.4 Å². The van der Waals surface area contributed by atoms with Crippen LogP contribution in [0, 0.1) is 5.92 Å². The smallest absolute Gasteiger partial charge is 0.319 e. The molecular formula is C28H34N6O2. The summed E-state index contributed by atoms with van der Waals surface area (Å²) in [6, 6.07) is 19.8. The van der Waals surface area contributed by atoms with Crippen LogP contribution in [0.25, 0.3) is 0 Å². The first-order chi connectivity index (χ1) is 17.3.